The first-order chi connectivity index (χ1) is 13.4. The molecule has 4 atom stereocenters. The van der Waals surface area contributed by atoms with Gasteiger partial charge < -0.3 is 18.9 Å². The lowest BCUT2D eigenvalue weighted by atomic mass is 10.1. The molecule has 1 fully saturated rings. The highest BCUT2D eigenvalue weighted by molar-refractivity contribution is 6.33. The van der Waals surface area contributed by atoms with Crippen LogP contribution in [0.1, 0.15) is 20.1 Å². The predicted octanol–water partition coefficient (Wildman–Crippen LogP) is 1.44. The molecule has 3 heterocycles. The maximum Gasteiger partial charge on any atom is 0.303 e. The molecule has 0 N–H and O–H groups in total. The number of carbonyl (C=O) groups is 2. The lowest BCUT2D eigenvalue weighted by Crippen LogP contribution is -2.40. The van der Waals surface area contributed by atoms with Gasteiger partial charge in [-0.25, -0.2) is 15.0 Å². The van der Waals surface area contributed by atoms with Crippen LogP contribution in [0, 0.1) is 0 Å². The fourth-order valence-electron chi connectivity index (χ4n) is 2.99. The monoisotopic (exact) mass is 410 g/mol. The number of aromatic nitrogens is 4. The van der Waals surface area contributed by atoms with E-state index < -0.39 is 36.5 Å². The van der Waals surface area contributed by atoms with Crippen molar-refractivity contribution < 1.29 is 28.5 Å². The molecule has 0 bridgehead atoms. The first-order valence-electron chi connectivity index (χ1n) is 8.44. The van der Waals surface area contributed by atoms with Crippen molar-refractivity contribution >= 4 is 34.7 Å². The molecule has 3 rings (SSSR count). The van der Waals surface area contributed by atoms with Gasteiger partial charge in [-0.1, -0.05) is 17.7 Å². The minimum absolute atomic E-state index is 0.0978. The van der Waals surface area contributed by atoms with E-state index in [9.17, 15) is 9.59 Å². The highest BCUT2D eigenvalue weighted by Crippen LogP contribution is 2.36. The van der Waals surface area contributed by atoms with Crippen molar-refractivity contribution in [1.82, 2.24) is 19.5 Å². The van der Waals surface area contributed by atoms with Crippen molar-refractivity contribution in [2.45, 2.75) is 38.4 Å². The van der Waals surface area contributed by atoms with Crippen LogP contribution in [0.25, 0.3) is 11.2 Å². The summed E-state index contributed by atoms with van der Waals surface area (Å²) < 4.78 is 23.9. The minimum atomic E-state index is -0.940. The second kappa shape index (κ2) is 8.63. The molecule has 10 nitrogen and oxygen atoms in total. The zero-order valence-corrected chi connectivity index (χ0v) is 16.0. The van der Waals surface area contributed by atoms with Gasteiger partial charge in [0.25, 0.3) is 0 Å². The Kier molecular flexibility index (Phi) is 6.22. The standard InChI is InChI=1S/C17H19ClN4O6/c1-4-5-25-6-11-13(26-9(2)23)14(27-10(3)24)17(28-11)22-8-21-12-15(18)19-7-20-16(12)22/h4,7-8,11,13-14,17H,1,5-6H2,2-3H3/t11-,13-,14-,17?/m1/s1. The molecule has 1 saturated heterocycles. The number of ether oxygens (including phenoxy) is 4. The largest absolute Gasteiger partial charge is 0.456 e. The van der Waals surface area contributed by atoms with E-state index in [2.05, 4.69) is 21.5 Å². The lowest BCUT2D eigenvalue weighted by molar-refractivity contribution is -0.165. The summed E-state index contributed by atoms with van der Waals surface area (Å²) in [4.78, 5) is 35.6. The molecule has 150 valence electrons. The van der Waals surface area contributed by atoms with E-state index in [1.54, 1.807) is 10.6 Å². The van der Waals surface area contributed by atoms with Crippen molar-refractivity contribution in [3.63, 3.8) is 0 Å². The summed E-state index contributed by atoms with van der Waals surface area (Å²) in [6, 6.07) is 0. The number of hydrogen-bond acceptors (Lipinski definition) is 9. The Morgan fingerprint density at radius 3 is 2.64 bits per heavy atom. The third-order valence-corrected chi connectivity index (χ3v) is 4.27. The molecule has 2 aromatic heterocycles. The Morgan fingerprint density at radius 1 is 1.25 bits per heavy atom. The maximum absolute atomic E-state index is 11.7. The van der Waals surface area contributed by atoms with Gasteiger partial charge in [-0.15, -0.1) is 6.58 Å². The fourth-order valence-corrected chi connectivity index (χ4v) is 3.17. The molecule has 0 radical (unpaired) electrons. The first-order valence-corrected chi connectivity index (χ1v) is 8.81. The van der Waals surface area contributed by atoms with Crippen molar-refractivity contribution in [3.8, 4) is 0 Å². The van der Waals surface area contributed by atoms with Gasteiger partial charge in [-0.2, -0.15) is 0 Å². The van der Waals surface area contributed by atoms with E-state index in [0.29, 0.717) is 11.2 Å². The molecule has 0 saturated carbocycles. The molecular weight excluding hydrogens is 392 g/mol. The molecule has 0 aliphatic carbocycles. The van der Waals surface area contributed by atoms with Gasteiger partial charge in [-0.3, -0.25) is 14.2 Å². The summed E-state index contributed by atoms with van der Waals surface area (Å²) in [6.45, 7) is 6.49. The Labute approximate surface area is 165 Å². The van der Waals surface area contributed by atoms with E-state index in [1.165, 1.54) is 26.5 Å². The van der Waals surface area contributed by atoms with Gasteiger partial charge in [0, 0.05) is 13.8 Å². The van der Waals surface area contributed by atoms with Crippen LogP contribution in [-0.2, 0) is 28.5 Å². The van der Waals surface area contributed by atoms with Crippen LogP contribution in [0.2, 0.25) is 5.15 Å². The highest BCUT2D eigenvalue weighted by atomic mass is 35.5. The SMILES string of the molecule is C=CCOC[C@H]1OC(n2cnc3c(Cl)ncnc32)[C@H](OC(C)=O)[C@@H]1OC(C)=O. The second-order valence-electron chi connectivity index (χ2n) is 6.03. The van der Waals surface area contributed by atoms with E-state index >= 15 is 0 Å². The average Bonchev–Trinajstić information content (AvgIpc) is 3.18. The topological polar surface area (TPSA) is 115 Å². The highest BCUT2D eigenvalue weighted by Gasteiger charge is 2.50. The van der Waals surface area contributed by atoms with Gasteiger partial charge in [0.05, 0.1) is 19.5 Å². The predicted molar refractivity (Wildman–Crippen MR) is 96.4 cm³/mol. The maximum atomic E-state index is 11.7. The Hall–Kier alpha value is -2.56. The number of hydrogen-bond donors (Lipinski definition) is 0. The van der Waals surface area contributed by atoms with Crippen molar-refractivity contribution in [1.29, 1.82) is 0 Å². The molecule has 0 aromatic carbocycles. The smallest absolute Gasteiger partial charge is 0.303 e. The zero-order valence-electron chi connectivity index (χ0n) is 15.3. The molecule has 28 heavy (non-hydrogen) atoms. The van der Waals surface area contributed by atoms with Crippen LogP contribution >= 0.6 is 11.6 Å². The Bertz CT molecular complexity index is 888. The third-order valence-electron chi connectivity index (χ3n) is 4.00. The molecule has 1 aliphatic rings. The summed E-state index contributed by atoms with van der Waals surface area (Å²) >= 11 is 6.06. The number of esters is 2. The van der Waals surface area contributed by atoms with E-state index in [1.807, 2.05) is 0 Å². The van der Waals surface area contributed by atoms with Crippen molar-refractivity contribution in [3.05, 3.63) is 30.5 Å². The van der Waals surface area contributed by atoms with Crippen LogP contribution < -0.4 is 0 Å². The molecule has 0 amide bonds. The molecule has 1 aliphatic heterocycles. The summed E-state index contributed by atoms with van der Waals surface area (Å²) in [5.41, 5.74) is 0.751. The van der Waals surface area contributed by atoms with Crippen LogP contribution in [-0.4, -0.2) is 63.0 Å². The summed E-state index contributed by atoms with van der Waals surface area (Å²) in [6.07, 6.45) is 0.946. The van der Waals surface area contributed by atoms with Crippen molar-refractivity contribution in [2.75, 3.05) is 13.2 Å². The lowest BCUT2D eigenvalue weighted by Gasteiger charge is -2.23. The second-order valence-corrected chi connectivity index (χ2v) is 6.39. The Morgan fingerprint density at radius 2 is 1.96 bits per heavy atom. The molecule has 1 unspecified atom stereocenters. The van der Waals surface area contributed by atoms with Gasteiger partial charge in [-0.05, 0) is 0 Å². The van der Waals surface area contributed by atoms with Crippen LogP contribution in [0.5, 0.6) is 0 Å². The zero-order chi connectivity index (χ0) is 20.3. The quantitative estimate of drug-likeness (QED) is 0.289. The summed E-state index contributed by atoms with van der Waals surface area (Å²) in [5.74, 6) is -1.10. The fraction of sp³-hybridized carbons (Fsp3) is 0.471. The van der Waals surface area contributed by atoms with Gasteiger partial charge in [0.15, 0.2) is 29.2 Å². The normalized spacial score (nSPS) is 24.2. The number of nitrogens with zero attached hydrogens (tertiary/aromatic N) is 4. The minimum Gasteiger partial charge on any atom is -0.456 e. The van der Waals surface area contributed by atoms with Gasteiger partial charge >= 0.3 is 11.9 Å². The summed E-state index contributed by atoms with van der Waals surface area (Å²) in [5, 5.41) is 0.174. The number of halogens is 1. The van der Waals surface area contributed by atoms with Gasteiger partial charge in [0.1, 0.15) is 17.9 Å². The van der Waals surface area contributed by atoms with Gasteiger partial charge in [0.2, 0.25) is 0 Å². The molecular formula is C17H19ClN4O6. The van der Waals surface area contributed by atoms with E-state index in [0.717, 1.165) is 0 Å². The summed E-state index contributed by atoms with van der Waals surface area (Å²) in [7, 11) is 0. The van der Waals surface area contributed by atoms with E-state index in [-0.39, 0.29) is 18.4 Å². The average molecular weight is 411 g/mol. The number of fused-ring (bicyclic) bond motifs is 1. The third kappa shape index (κ3) is 4.13. The Balaban J connectivity index is 1.98. The van der Waals surface area contributed by atoms with Crippen LogP contribution in [0.3, 0.4) is 0 Å². The van der Waals surface area contributed by atoms with Crippen LogP contribution in [0.4, 0.5) is 0 Å². The number of rotatable bonds is 7. The first kappa shape index (κ1) is 20.2. The van der Waals surface area contributed by atoms with Crippen LogP contribution in [0.15, 0.2) is 25.3 Å². The number of imidazole rings is 1. The molecule has 2 aromatic rings. The van der Waals surface area contributed by atoms with Crippen molar-refractivity contribution in [2.24, 2.45) is 0 Å². The molecule has 0 spiro atoms. The number of carbonyl (C=O) groups excluding carboxylic acids is 2. The van der Waals surface area contributed by atoms with E-state index in [4.69, 9.17) is 30.5 Å². The molecule has 11 heteroatoms.